The molecule has 6 nitrogen and oxygen atoms in total. The Balaban J connectivity index is 0.00000196. The van der Waals surface area contributed by atoms with E-state index in [1.807, 2.05) is 25.1 Å². The fourth-order valence-corrected chi connectivity index (χ4v) is 3.95. The number of hydrogen-bond acceptors (Lipinski definition) is 7. The molecular weight excluding hydrogens is 396 g/mol. The van der Waals surface area contributed by atoms with Crippen molar-refractivity contribution in [1.29, 1.82) is 0 Å². The number of halogens is 1. The Bertz CT molecular complexity index is 858. The molecule has 3 rings (SSSR count). The molecule has 1 aromatic carbocycles. The Kier molecular flexibility index (Phi) is 8.45. The molecule has 1 aliphatic rings. The van der Waals surface area contributed by atoms with Crippen molar-refractivity contribution in [2.45, 2.75) is 39.7 Å². The summed E-state index contributed by atoms with van der Waals surface area (Å²) in [6.07, 6.45) is 4.23. The number of benzene rings is 1. The van der Waals surface area contributed by atoms with Gasteiger partial charge >= 0.3 is 0 Å². The molecule has 0 aliphatic carbocycles. The fraction of sp³-hybridized carbons (Fsp3) is 0.400. The molecule has 0 bridgehead atoms. The van der Waals surface area contributed by atoms with E-state index in [9.17, 15) is 4.79 Å². The minimum absolute atomic E-state index is 0. The van der Waals surface area contributed by atoms with E-state index in [0.717, 1.165) is 34.7 Å². The van der Waals surface area contributed by atoms with Crippen LogP contribution in [-0.2, 0) is 12.0 Å². The highest BCUT2D eigenvalue weighted by atomic mass is 35.5. The van der Waals surface area contributed by atoms with Crippen LogP contribution < -0.4 is 10.5 Å². The summed E-state index contributed by atoms with van der Waals surface area (Å²) in [5, 5.41) is 0.581. The van der Waals surface area contributed by atoms with E-state index in [4.69, 9.17) is 10.5 Å². The number of methoxy groups -OCH3 is 1. The number of nitrogens with two attached hydrogens (primary N) is 1. The van der Waals surface area contributed by atoms with Gasteiger partial charge in [-0.05, 0) is 38.0 Å². The van der Waals surface area contributed by atoms with Crippen LogP contribution in [0.25, 0.3) is 0 Å². The summed E-state index contributed by atoms with van der Waals surface area (Å²) >= 11 is 1.56. The molecule has 8 heteroatoms. The van der Waals surface area contributed by atoms with E-state index in [1.165, 1.54) is 6.20 Å². The van der Waals surface area contributed by atoms with Crippen LogP contribution in [0.1, 0.15) is 48.1 Å². The molecule has 2 aromatic rings. The number of aryl methyl sites for hydroxylation is 1. The smallest absolute Gasteiger partial charge is 0.187 e. The molecule has 2 N–H and O–H groups in total. The Hall–Kier alpha value is -2.12. The van der Waals surface area contributed by atoms with Crippen LogP contribution in [0.5, 0.6) is 5.75 Å². The van der Waals surface area contributed by atoms with Gasteiger partial charge in [0.2, 0.25) is 0 Å². The first-order chi connectivity index (χ1) is 12.4. The summed E-state index contributed by atoms with van der Waals surface area (Å²) in [5.41, 5.74) is 8.49. The van der Waals surface area contributed by atoms with Crippen molar-refractivity contribution in [2.75, 3.05) is 12.9 Å². The van der Waals surface area contributed by atoms with Gasteiger partial charge in [-0.25, -0.2) is 4.98 Å². The Labute approximate surface area is 176 Å². The Morgan fingerprint density at radius 2 is 2.07 bits per heavy atom. The van der Waals surface area contributed by atoms with E-state index in [-0.39, 0.29) is 32.0 Å². The molecule has 0 saturated carbocycles. The summed E-state index contributed by atoms with van der Waals surface area (Å²) in [5.74, 6) is 1.58. The molecule has 1 atom stereocenters. The maximum Gasteiger partial charge on any atom is 0.187 e. The number of ketones is 1. The third-order valence-electron chi connectivity index (χ3n) is 4.47. The summed E-state index contributed by atoms with van der Waals surface area (Å²) in [6, 6.07) is 5.78. The fourth-order valence-electron chi connectivity index (χ4n) is 2.98. The largest absolute Gasteiger partial charge is 0.496 e. The van der Waals surface area contributed by atoms with Gasteiger partial charge in [0.25, 0.3) is 0 Å². The zero-order valence-electron chi connectivity index (χ0n) is 15.6. The summed E-state index contributed by atoms with van der Waals surface area (Å²) in [6.45, 7) is 3.89. The van der Waals surface area contributed by atoms with E-state index in [0.29, 0.717) is 10.9 Å². The molecule has 0 unspecified atom stereocenters. The first kappa shape index (κ1) is 23.9. The topological polar surface area (TPSA) is 90.5 Å². The van der Waals surface area contributed by atoms with Crippen molar-refractivity contribution in [3.63, 3.8) is 0 Å². The molecule has 0 saturated heterocycles. The second kappa shape index (κ2) is 9.89. The van der Waals surface area contributed by atoms with Gasteiger partial charge in [-0.1, -0.05) is 25.3 Å². The molecule has 2 heterocycles. The number of hydrogen-bond donors (Lipinski definition) is 1. The predicted octanol–water partition coefficient (Wildman–Crippen LogP) is 3.94. The zero-order chi connectivity index (χ0) is 18.7. The van der Waals surface area contributed by atoms with Crippen molar-refractivity contribution < 1.29 is 9.53 Å². The van der Waals surface area contributed by atoms with Crippen LogP contribution in [0, 0.1) is 6.92 Å². The number of carbonyl (C=O) groups excluding carboxylic acids is 1. The van der Waals surface area contributed by atoms with E-state index in [2.05, 4.69) is 21.9 Å². The predicted molar refractivity (Wildman–Crippen MR) is 118 cm³/mol. The minimum atomic E-state index is -0.455. The molecule has 0 radical (unpaired) electrons. The lowest BCUT2D eigenvalue weighted by Crippen LogP contribution is -2.29. The van der Waals surface area contributed by atoms with E-state index < -0.39 is 5.54 Å². The third kappa shape index (κ3) is 5.23. The molecular formula is C20H27ClN4O2S. The average molecular weight is 423 g/mol. The quantitative estimate of drug-likeness (QED) is 0.733. The van der Waals surface area contributed by atoms with Crippen molar-refractivity contribution >= 4 is 35.1 Å². The summed E-state index contributed by atoms with van der Waals surface area (Å²) in [4.78, 5) is 25.5. The van der Waals surface area contributed by atoms with Crippen molar-refractivity contribution in [3.05, 3.63) is 53.1 Å². The van der Waals surface area contributed by atoms with Gasteiger partial charge in [-0.3, -0.25) is 14.8 Å². The van der Waals surface area contributed by atoms with Gasteiger partial charge in [0.05, 0.1) is 24.5 Å². The van der Waals surface area contributed by atoms with Gasteiger partial charge in [0, 0.05) is 23.9 Å². The van der Waals surface area contributed by atoms with Crippen molar-refractivity contribution in [3.8, 4) is 5.75 Å². The lowest BCUT2D eigenvalue weighted by atomic mass is 9.87. The molecule has 1 aliphatic heterocycles. The van der Waals surface area contributed by atoms with Gasteiger partial charge in [0.15, 0.2) is 11.0 Å². The summed E-state index contributed by atoms with van der Waals surface area (Å²) < 4.78 is 5.53. The highest BCUT2D eigenvalue weighted by molar-refractivity contribution is 8.13. The van der Waals surface area contributed by atoms with Crippen LogP contribution in [0.3, 0.4) is 0 Å². The first-order valence-corrected chi connectivity index (χ1v) is 9.37. The molecule has 0 fully saturated rings. The lowest BCUT2D eigenvalue weighted by molar-refractivity contribution is 0.0987. The molecule has 152 valence electrons. The standard InChI is InChI=1S/C19H22N4O2S.CH4.ClH/c1-12-10-22-15(11-21-12)16(24)9-13-4-5-17(25-3)14(8-13)19(2)6-7-26-18(20)23-19;;/h4-5,8,10-11H,6-7,9H2,1-3H3,(H2,20,23);1H4;1H/t19-;;/m0../s1. The average Bonchev–Trinajstić information content (AvgIpc) is 2.62. The number of amidine groups is 1. The van der Waals surface area contributed by atoms with E-state index >= 15 is 0 Å². The number of rotatable bonds is 5. The number of aromatic nitrogens is 2. The summed E-state index contributed by atoms with van der Waals surface area (Å²) in [7, 11) is 1.64. The minimum Gasteiger partial charge on any atom is -0.496 e. The van der Waals surface area contributed by atoms with Gasteiger partial charge < -0.3 is 10.5 Å². The second-order valence-corrected chi connectivity index (χ2v) is 7.62. The van der Waals surface area contributed by atoms with Gasteiger partial charge in [-0.15, -0.1) is 12.4 Å². The highest BCUT2D eigenvalue weighted by Crippen LogP contribution is 2.40. The number of Topliss-reactive ketones (excluding diaryl/α,β-unsaturated/α-hetero) is 1. The molecule has 0 spiro atoms. The normalized spacial score (nSPS) is 18.3. The monoisotopic (exact) mass is 422 g/mol. The number of carbonyl (C=O) groups is 1. The van der Waals surface area contributed by atoms with Crippen LogP contribution in [0.2, 0.25) is 0 Å². The van der Waals surface area contributed by atoms with Crippen LogP contribution in [0.15, 0.2) is 35.6 Å². The van der Waals surface area contributed by atoms with Crippen molar-refractivity contribution in [2.24, 2.45) is 10.7 Å². The van der Waals surface area contributed by atoms with Crippen LogP contribution in [-0.4, -0.2) is 33.8 Å². The third-order valence-corrected chi connectivity index (χ3v) is 5.27. The Morgan fingerprint density at radius 3 is 2.68 bits per heavy atom. The lowest BCUT2D eigenvalue weighted by Gasteiger charge is -2.31. The maximum atomic E-state index is 12.5. The Morgan fingerprint density at radius 1 is 1.32 bits per heavy atom. The second-order valence-electron chi connectivity index (χ2n) is 6.50. The van der Waals surface area contributed by atoms with Crippen molar-refractivity contribution in [1.82, 2.24) is 9.97 Å². The van der Waals surface area contributed by atoms with Gasteiger partial charge in [0.1, 0.15) is 11.4 Å². The number of thioether (sulfide) groups is 1. The highest BCUT2D eigenvalue weighted by Gasteiger charge is 2.32. The van der Waals surface area contributed by atoms with Gasteiger partial charge in [-0.2, -0.15) is 0 Å². The maximum absolute atomic E-state index is 12.5. The van der Waals surface area contributed by atoms with Crippen LogP contribution >= 0.6 is 24.2 Å². The number of aliphatic imine (C=N–C) groups is 1. The molecule has 0 amide bonds. The van der Waals surface area contributed by atoms with Crippen LogP contribution in [0.4, 0.5) is 0 Å². The van der Waals surface area contributed by atoms with E-state index in [1.54, 1.807) is 25.1 Å². The first-order valence-electron chi connectivity index (χ1n) is 8.38. The molecule has 1 aromatic heterocycles. The number of ether oxygens (including phenoxy) is 1. The molecule has 28 heavy (non-hydrogen) atoms. The zero-order valence-corrected chi connectivity index (χ0v) is 17.2. The number of nitrogens with zero attached hydrogens (tertiary/aromatic N) is 3. The SMILES string of the molecule is C.COc1ccc(CC(=O)c2cnc(C)cn2)cc1[C@]1(C)CCSC(N)=N1.Cl.